The van der Waals surface area contributed by atoms with Gasteiger partial charge in [0.1, 0.15) is 35.4 Å². The lowest BCUT2D eigenvalue weighted by molar-refractivity contribution is -0.236. The van der Waals surface area contributed by atoms with Crippen molar-refractivity contribution in [1.82, 2.24) is 5.32 Å². The Labute approximate surface area is 284 Å². The van der Waals surface area contributed by atoms with Crippen molar-refractivity contribution in [3.8, 4) is 11.5 Å². The molecule has 0 radical (unpaired) electrons. The van der Waals surface area contributed by atoms with Crippen molar-refractivity contribution < 1.29 is 73.2 Å². The van der Waals surface area contributed by atoms with Crippen LogP contribution in [0.25, 0.3) is 0 Å². The van der Waals surface area contributed by atoms with Gasteiger partial charge in [-0.15, -0.1) is 0 Å². The van der Waals surface area contributed by atoms with Crippen molar-refractivity contribution in [2.24, 2.45) is 0 Å². The highest BCUT2D eigenvalue weighted by Crippen LogP contribution is 2.56. The molecule has 2 aromatic rings. The molecule has 1 saturated heterocycles. The number of carbonyl (C=O) groups excluding carboxylic acids is 5. The predicted octanol–water partition coefficient (Wildman–Crippen LogP) is -0.250. The topological polar surface area (TPSA) is 245 Å². The first-order chi connectivity index (χ1) is 23.6. The summed E-state index contributed by atoms with van der Waals surface area (Å²) in [5.41, 5.74) is -10.1. The number of carbonyl (C=O) groups is 5. The molecule has 0 aromatic heterocycles. The molecule has 1 aliphatic heterocycles. The van der Waals surface area contributed by atoms with Crippen LogP contribution in [0.5, 0.6) is 11.5 Å². The highest BCUT2D eigenvalue weighted by Gasteiger charge is 2.72. The quantitative estimate of drug-likeness (QED) is 0.213. The number of Topliss-reactive ketones (excluding diaryl/α,β-unsaturated/α-hetero) is 3. The maximum absolute atomic E-state index is 14.6. The molecule has 50 heavy (non-hydrogen) atoms. The number of esters is 1. The van der Waals surface area contributed by atoms with Crippen LogP contribution < -0.4 is 5.32 Å². The number of nitrogens with one attached hydrogen (secondary N) is 1. The van der Waals surface area contributed by atoms with E-state index in [9.17, 15) is 49.5 Å². The number of aliphatic hydroxyl groups excluding tert-OH is 2. The number of fused-ring (bicyclic) bond motifs is 5. The molecule has 16 nitrogen and oxygen atoms in total. The van der Waals surface area contributed by atoms with E-state index in [1.165, 1.54) is 27.2 Å². The number of hydrogen-bond acceptors (Lipinski definition) is 16. The highest BCUT2D eigenvalue weighted by molar-refractivity contribution is 6.31. The Morgan fingerprint density at radius 3 is 2.20 bits per heavy atom. The van der Waals surface area contributed by atoms with Crippen LogP contribution in [0.3, 0.4) is 0 Å². The molecular formula is C34H35NO15. The van der Waals surface area contributed by atoms with Gasteiger partial charge in [0, 0.05) is 50.5 Å². The van der Waals surface area contributed by atoms with Crippen molar-refractivity contribution in [2.45, 2.75) is 68.2 Å². The molecule has 6 N–H and O–H groups in total. The SMILES string of the molecule is COC(=O)c1c(C)cc2c(c1O)[C@]1(O)C(=O)c3cc4c(c(O)c3C(=O)[C@]1(OC)C(O)C2)C(=O)C=C(N[C@H]1O[C@@H](C)[C@H](OC)[C@@H](O)[C@H]1OC)C4=O. The van der Waals surface area contributed by atoms with Crippen LogP contribution in [0.1, 0.15) is 75.4 Å². The molecule has 1 heterocycles. The molecule has 3 aliphatic carbocycles. The highest BCUT2D eigenvalue weighted by atomic mass is 16.6. The Morgan fingerprint density at radius 1 is 0.940 bits per heavy atom. The average molecular weight is 698 g/mol. The van der Waals surface area contributed by atoms with Crippen molar-refractivity contribution in [2.75, 3.05) is 28.4 Å². The maximum Gasteiger partial charge on any atom is 0.341 e. The lowest BCUT2D eigenvalue weighted by Gasteiger charge is -2.52. The van der Waals surface area contributed by atoms with E-state index in [0.717, 1.165) is 26.4 Å². The van der Waals surface area contributed by atoms with E-state index in [0.29, 0.717) is 0 Å². The number of methoxy groups -OCH3 is 4. The minimum atomic E-state index is -3.23. The predicted molar refractivity (Wildman–Crippen MR) is 166 cm³/mol. The summed E-state index contributed by atoms with van der Waals surface area (Å²) < 4.78 is 26.8. The van der Waals surface area contributed by atoms with Gasteiger partial charge in [-0.2, -0.15) is 0 Å². The van der Waals surface area contributed by atoms with Crippen molar-refractivity contribution in [3.05, 3.63) is 68.4 Å². The zero-order valence-electron chi connectivity index (χ0n) is 27.7. The van der Waals surface area contributed by atoms with Gasteiger partial charge in [-0.1, -0.05) is 6.07 Å². The summed E-state index contributed by atoms with van der Waals surface area (Å²) in [7, 11) is 4.62. The third-order valence-corrected chi connectivity index (χ3v) is 10.2. The van der Waals surface area contributed by atoms with E-state index in [1.54, 1.807) is 6.92 Å². The lowest BCUT2D eigenvalue weighted by atomic mass is 9.56. The van der Waals surface area contributed by atoms with Gasteiger partial charge in [0.15, 0.2) is 23.2 Å². The monoisotopic (exact) mass is 697 g/mol. The number of aliphatic hydroxyl groups is 3. The Bertz CT molecular complexity index is 1920. The Balaban J connectivity index is 1.51. The van der Waals surface area contributed by atoms with Gasteiger partial charge in [0.05, 0.1) is 36.1 Å². The Morgan fingerprint density at radius 2 is 1.60 bits per heavy atom. The minimum Gasteiger partial charge on any atom is -0.507 e. The zero-order valence-corrected chi connectivity index (χ0v) is 27.7. The lowest BCUT2D eigenvalue weighted by Crippen LogP contribution is -2.73. The van der Waals surface area contributed by atoms with Crippen LogP contribution in [-0.2, 0) is 35.7 Å². The maximum atomic E-state index is 14.6. The summed E-state index contributed by atoms with van der Waals surface area (Å²) >= 11 is 0. The molecule has 1 fully saturated rings. The van der Waals surface area contributed by atoms with Gasteiger partial charge in [-0.05, 0) is 31.0 Å². The zero-order chi connectivity index (χ0) is 36.8. The van der Waals surface area contributed by atoms with Gasteiger partial charge in [0.25, 0.3) is 0 Å². The second kappa shape index (κ2) is 12.1. The van der Waals surface area contributed by atoms with Gasteiger partial charge < -0.3 is 54.5 Å². The number of ketones is 4. The summed E-state index contributed by atoms with van der Waals surface area (Å²) in [6, 6.07) is 2.18. The van der Waals surface area contributed by atoms with Crippen LogP contribution in [0, 0.1) is 6.92 Å². The summed E-state index contributed by atoms with van der Waals surface area (Å²) in [5, 5.41) is 60.3. The third-order valence-electron chi connectivity index (χ3n) is 10.2. The number of hydrogen-bond donors (Lipinski definition) is 6. The molecule has 8 atom stereocenters. The largest absolute Gasteiger partial charge is 0.507 e. The molecule has 266 valence electrons. The van der Waals surface area contributed by atoms with Crippen LogP contribution >= 0.6 is 0 Å². The molecule has 1 unspecified atom stereocenters. The molecule has 4 aliphatic rings. The molecule has 0 spiro atoms. The first-order valence-electron chi connectivity index (χ1n) is 15.4. The Hall–Kier alpha value is -4.55. The summed E-state index contributed by atoms with van der Waals surface area (Å²) in [6.07, 6.45) is -6.55. The van der Waals surface area contributed by atoms with Gasteiger partial charge >= 0.3 is 5.97 Å². The summed E-state index contributed by atoms with van der Waals surface area (Å²) in [5.74, 6) is -7.67. The number of benzene rings is 2. The fraction of sp³-hybridized carbons (Fsp3) is 0.441. The normalized spacial score (nSPS) is 31.7. The van der Waals surface area contributed by atoms with Crippen LogP contribution in [0.4, 0.5) is 0 Å². The molecule has 0 amide bonds. The van der Waals surface area contributed by atoms with Crippen molar-refractivity contribution in [1.29, 1.82) is 0 Å². The number of phenols is 2. The van der Waals surface area contributed by atoms with E-state index >= 15 is 0 Å². The number of aromatic hydroxyl groups is 2. The van der Waals surface area contributed by atoms with Crippen LogP contribution in [0.2, 0.25) is 0 Å². The smallest absolute Gasteiger partial charge is 0.341 e. The van der Waals surface area contributed by atoms with Gasteiger partial charge in [-0.3, -0.25) is 19.2 Å². The third kappa shape index (κ3) is 4.40. The number of rotatable bonds is 6. The molecule has 16 heteroatoms. The molecule has 0 bridgehead atoms. The molecular weight excluding hydrogens is 662 g/mol. The fourth-order valence-electron chi connectivity index (χ4n) is 7.85. The van der Waals surface area contributed by atoms with E-state index < -0.39 is 128 Å². The summed E-state index contributed by atoms with van der Waals surface area (Å²) in [4.78, 5) is 69.1. The summed E-state index contributed by atoms with van der Waals surface area (Å²) in [6.45, 7) is 3.06. The Kier molecular flexibility index (Phi) is 8.50. The average Bonchev–Trinajstić information content (AvgIpc) is 3.05. The first-order valence-corrected chi connectivity index (χ1v) is 15.4. The van der Waals surface area contributed by atoms with Crippen LogP contribution in [-0.4, -0.2) is 125 Å². The van der Waals surface area contributed by atoms with E-state index in [2.05, 4.69) is 5.32 Å². The van der Waals surface area contributed by atoms with E-state index in [-0.39, 0.29) is 16.8 Å². The number of aryl methyl sites for hydroxylation is 1. The van der Waals surface area contributed by atoms with Gasteiger partial charge in [0.2, 0.25) is 17.3 Å². The molecule has 2 aromatic carbocycles. The second-order valence-corrected chi connectivity index (χ2v) is 12.6. The molecule has 0 saturated carbocycles. The molecule has 6 rings (SSSR count). The van der Waals surface area contributed by atoms with Crippen LogP contribution in [0.15, 0.2) is 23.9 Å². The number of phenolic OH excluding ortho intramolecular Hbond substituents is 2. The minimum absolute atomic E-state index is 0.00455. The van der Waals surface area contributed by atoms with E-state index in [1.807, 2.05) is 0 Å². The van der Waals surface area contributed by atoms with Crippen molar-refractivity contribution in [3.63, 3.8) is 0 Å². The number of ether oxygens (including phenoxy) is 5. The second-order valence-electron chi connectivity index (χ2n) is 12.6. The van der Waals surface area contributed by atoms with Crippen molar-refractivity contribution >= 4 is 29.1 Å². The van der Waals surface area contributed by atoms with E-state index in [4.69, 9.17) is 23.7 Å². The standard InChI is InChI=1S/C34H35NO15/c1-11-7-13-8-18(37)34(49-6)30(43)21-15(29(42)33(34,45)22(13)25(40)19(11)32(44)48-5)9-14-20(24(21)39)17(36)10-16(23(14)38)35-31-28(47-4)26(41)27(46-3)12(2)50-31/h7,9-10,12,18,26-28,31,35,37,39-41,45H,8H2,1-6H3/t12-,18?,26+,27-,28+,31-,33-,34+/m0/s1. The number of allylic oxidation sites excluding steroid dienone is 2. The van der Waals surface area contributed by atoms with Gasteiger partial charge in [-0.25, -0.2) is 4.79 Å². The first kappa shape index (κ1) is 35.3. The fourth-order valence-corrected chi connectivity index (χ4v) is 7.85.